The van der Waals surface area contributed by atoms with Crippen LogP contribution in [0.4, 0.5) is 0 Å². The maximum atomic E-state index is 6.06. The average Bonchev–Trinajstić information content (AvgIpc) is 2.82. The molecule has 0 atom stereocenters. The largest absolute Gasteiger partial charge is 0.221 e. The SMILES string of the molecule is CCCc1nc(Cl)cc(-n2ncc3ccccc32)n1. The van der Waals surface area contributed by atoms with Gasteiger partial charge in [0.2, 0.25) is 0 Å². The van der Waals surface area contributed by atoms with Gasteiger partial charge >= 0.3 is 0 Å². The predicted molar refractivity (Wildman–Crippen MR) is 75.7 cm³/mol. The highest BCUT2D eigenvalue weighted by atomic mass is 35.5. The zero-order valence-corrected chi connectivity index (χ0v) is 11.3. The van der Waals surface area contributed by atoms with Crippen molar-refractivity contribution in [3.63, 3.8) is 0 Å². The van der Waals surface area contributed by atoms with Gasteiger partial charge in [-0.15, -0.1) is 0 Å². The van der Waals surface area contributed by atoms with E-state index in [2.05, 4.69) is 22.0 Å². The van der Waals surface area contributed by atoms with Crippen molar-refractivity contribution in [3.8, 4) is 5.82 Å². The van der Waals surface area contributed by atoms with Crippen molar-refractivity contribution in [3.05, 3.63) is 47.5 Å². The van der Waals surface area contributed by atoms with Gasteiger partial charge in [-0.2, -0.15) is 5.10 Å². The summed E-state index contributed by atoms with van der Waals surface area (Å²) in [5.41, 5.74) is 1.01. The lowest BCUT2D eigenvalue weighted by molar-refractivity contribution is 0.796. The quantitative estimate of drug-likeness (QED) is 0.686. The molecule has 0 aliphatic heterocycles. The van der Waals surface area contributed by atoms with Crippen molar-refractivity contribution >= 4 is 22.5 Å². The topological polar surface area (TPSA) is 43.6 Å². The van der Waals surface area contributed by atoms with Gasteiger partial charge in [0.15, 0.2) is 5.82 Å². The second kappa shape index (κ2) is 4.97. The second-order valence-corrected chi connectivity index (χ2v) is 4.72. The molecule has 0 spiro atoms. The molecule has 0 fully saturated rings. The minimum absolute atomic E-state index is 0.452. The van der Waals surface area contributed by atoms with E-state index in [1.807, 2.05) is 30.5 Å². The van der Waals surface area contributed by atoms with Crippen LogP contribution in [0, 0.1) is 0 Å². The summed E-state index contributed by atoms with van der Waals surface area (Å²) < 4.78 is 1.79. The molecule has 0 bridgehead atoms. The molecule has 1 aromatic carbocycles. The predicted octanol–water partition coefficient (Wildman–Crippen LogP) is 3.42. The summed E-state index contributed by atoms with van der Waals surface area (Å²) in [6.45, 7) is 2.09. The highest BCUT2D eigenvalue weighted by Crippen LogP contribution is 2.18. The molecule has 5 heteroatoms. The van der Waals surface area contributed by atoms with E-state index in [0.717, 1.165) is 29.6 Å². The van der Waals surface area contributed by atoms with Crippen molar-refractivity contribution in [2.75, 3.05) is 0 Å². The number of benzene rings is 1. The van der Waals surface area contributed by atoms with Gasteiger partial charge in [-0.1, -0.05) is 36.7 Å². The monoisotopic (exact) mass is 272 g/mol. The molecule has 0 amide bonds. The Bertz CT molecular complexity index is 720. The Morgan fingerprint density at radius 2 is 2.05 bits per heavy atom. The summed E-state index contributed by atoms with van der Waals surface area (Å²) >= 11 is 6.06. The lowest BCUT2D eigenvalue weighted by atomic mass is 10.2. The summed E-state index contributed by atoms with van der Waals surface area (Å²) in [4.78, 5) is 8.75. The molecule has 0 radical (unpaired) electrons. The highest BCUT2D eigenvalue weighted by Gasteiger charge is 2.08. The molecule has 0 aliphatic carbocycles. The van der Waals surface area contributed by atoms with Crippen LogP contribution in [0.1, 0.15) is 19.2 Å². The molecule has 0 unspecified atom stereocenters. The molecule has 0 saturated heterocycles. The van der Waals surface area contributed by atoms with E-state index in [4.69, 9.17) is 11.6 Å². The number of halogens is 1. The van der Waals surface area contributed by atoms with Crippen LogP contribution in [0.15, 0.2) is 36.5 Å². The lowest BCUT2D eigenvalue weighted by Crippen LogP contribution is -2.04. The summed E-state index contributed by atoms with van der Waals surface area (Å²) in [6, 6.07) is 9.74. The number of rotatable bonds is 3. The molecule has 0 aliphatic rings. The first kappa shape index (κ1) is 12.1. The third-order valence-corrected chi connectivity index (χ3v) is 3.09. The summed E-state index contributed by atoms with van der Waals surface area (Å²) in [7, 11) is 0. The van der Waals surface area contributed by atoms with E-state index in [-0.39, 0.29) is 0 Å². The van der Waals surface area contributed by atoms with Crippen LogP contribution in [0.25, 0.3) is 16.7 Å². The number of aromatic nitrogens is 4. The maximum Gasteiger partial charge on any atom is 0.159 e. The molecular weight excluding hydrogens is 260 g/mol. The first-order chi connectivity index (χ1) is 9.28. The number of hydrogen-bond donors (Lipinski definition) is 0. The molecule has 3 rings (SSSR count). The summed E-state index contributed by atoms with van der Waals surface area (Å²) in [5.74, 6) is 1.47. The van der Waals surface area contributed by atoms with Crippen molar-refractivity contribution in [1.82, 2.24) is 19.7 Å². The molecule has 0 saturated carbocycles. The van der Waals surface area contributed by atoms with Crippen LogP contribution in [-0.2, 0) is 6.42 Å². The van der Waals surface area contributed by atoms with Gasteiger partial charge < -0.3 is 0 Å². The van der Waals surface area contributed by atoms with Gasteiger partial charge in [-0.3, -0.25) is 0 Å². The second-order valence-electron chi connectivity index (χ2n) is 4.33. The molecular formula is C14H13ClN4. The zero-order valence-electron chi connectivity index (χ0n) is 10.5. The zero-order chi connectivity index (χ0) is 13.2. The fourth-order valence-corrected chi connectivity index (χ4v) is 2.24. The molecule has 96 valence electrons. The Kier molecular flexibility index (Phi) is 3.17. The molecule has 2 heterocycles. The number of para-hydroxylation sites is 1. The third kappa shape index (κ3) is 2.31. The Morgan fingerprint density at radius 3 is 2.89 bits per heavy atom. The Hall–Kier alpha value is -1.94. The van der Waals surface area contributed by atoms with Crippen molar-refractivity contribution in [2.24, 2.45) is 0 Å². The Balaban J connectivity index is 2.15. The standard InChI is InChI=1S/C14H13ClN4/c1-2-5-13-17-12(15)8-14(18-13)19-11-7-4-3-6-10(11)9-16-19/h3-4,6-9H,2,5H2,1H3. The molecule has 4 nitrogen and oxygen atoms in total. The minimum Gasteiger partial charge on any atom is -0.221 e. The van der Waals surface area contributed by atoms with Gasteiger partial charge in [0.25, 0.3) is 0 Å². The summed E-state index contributed by atoms with van der Waals surface area (Å²) in [6.07, 6.45) is 3.62. The van der Waals surface area contributed by atoms with Gasteiger partial charge in [0, 0.05) is 17.9 Å². The van der Waals surface area contributed by atoms with E-state index >= 15 is 0 Å². The Morgan fingerprint density at radius 1 is 1.21 bits per heavy atom. The van der Waals surface area contributed by atoms with E-state index in [1.54, 1.807) is 10.7 Å². The van der Waals surface area contributed by atoms with Crippen LogP contribution in [0.5, 0.6) is 0 Å². The van der Waals surface area contributed by atoms with Crippen molar-refractivity contribution in [1.29, 1.82) is 0 Å². The van der Waals surface area contributed by atoms with Crippen LogP contribution >= 0.6 is 11.6 Å². The molecule has 19 heavy (non-hydrogen) atoms. The molecule has 3 aromatic rings. The minimum atomic E-state index is 0.452. The van der Waals surface area contributed by atoms with Crippen LogP contribution in [0.2, 0.25) is 5.15 Å². The molecule has 2 aromatic heterocycles. The Labute approximate surface area is 116 Å². The fraction of sp³-hybridized carbons (Fsp3) is 0.214. The normalized spacial score (nSPS) is 11.1. The maximum absolute atomic E-state index is 6.06. The fourth-order valence-electron chi connectivity index (χ4n) is 2.05. The highest BCUT2D eigenvalue weighted by molar-refractivity contribution is 6.29. The number of nitrogens with zero attached hydrogens (tertiary/aromatic N) is 4. The summed E-state index contributed by atoms with van der Waals surface area (Å²) in [5, 5.41) is 5.91. The number of aryl methyl sites for hydroxylation is 1. The van der Waals surface area contributed by atoms with Crippen LogP contribution < -0.4 is 0 Å². The van der Waals surface area contributed by atoms with E-state index in [1.165, 1.54) is 0 Å². The van der Waals surface area contributed by atoms with Crippen molar-refractivity contribution in [2.45, 2.75) is 19.8 Å². The van der Waals surface area contributed by atoms with Gasteiger partial charge in [-0.25, -0.2) is 14.6 Å². The van der Waals surface area contributed by atoms with Gasteiger partial charge in [0.1, 0.15) is 11.0 Å². The van der Waals surface area contributed by atoms with E-state index < -0.39 is 0 Å². The molecule has 0 N–H and O–H groups in total. The van der Waals surface area contributed by atoms with Crippen molar-refractivity contribution < 1.29 is 0 Å². The third-order valence-electron chi connectivity index (χ3n) is 2.90. The first-order valence-corrected chi connectivity index (χ1v) is 6.62. The average molecular weight is 273 g/mol. The van der Waals surface area contributed by atoms with Gasteiger partial charge in [0.05, 0.1) is 11.7 Å². The number of hydrogen-bond acceptors (Lipinski definition) is 3. The smallest absolute Gasteiger partial charge is 0.159 e. The van der Waals surface area contributed by atoms with Crippen LogP contribution in [-0.4, -0.2) is 19.7 Å². The number of fused-ring (bicyclic) bond motifs is 1. The van der Waals surface area contributed by atoms with E-state index in [9.17, 15) is 0 Å². The van der Waals surface area contributed by atoms with E-state index in [0.29, 0.717) is 11.0 Å². The lowest BCUT2D eigenvalue weighted by Gasteiger charge is -2.05. The first-order valence-electron chi connectivity index (χ1n) is 6.24. The van der Waals surface area contributed by atoms with Crippen LogP contribution in [0.3, 0.4) is 0 Å². The van der Waals surface area contributed by atoms with Gasteiger partial charge in [-0.05, 0) is 12.5 Å².